The molecule has 2 rings (SSSR count). The molecule has 0 aromatic heterocycles. The third-order valence-electron chi connectivity index (χ3n) is 2.44. The summed E-state index contributed by atoms with van der Waals surface area (Å²) >= 11 is 23.9. The highest BCUT2D eigenvalue weighted by Crippen LogP contribution is 2.34. The van der Waals surface area contributed by atoms with E-state index in [0.29, 0.717) is 20.9 Å². The van der Waals surface area contributed by atoms with Gasteiger partial charge in [-0.3, -0.25) is 0 Å². The van der Waals surface area contributed by atoms with Gasteiger partial charge in [0.2, 0.25) is 0 Å². The summed E-state index contributed by atoms with van der Waals surface area (Å²) in [4.78, 5) is 0. The number of halogens is 4. The first-order valence-corrected chi connectivity index (χ1v) is 6.58. The number of hydrogen-bond donors (Lipinski definition) is 0. The Labute approximate surface area is 120 Å². The van der Waals surface area contributed by atoms with Crippen LogP contribution < -0.4 is 0 Å². The van der Waals surface area contributed by atoms with Gasteiger partial charge in [-0.1, -0.05) is 46.9 Å². The van der Waals surface area contributed by atoms with Crippen LogP contribution in [0.4, 0.5) is 0 Å². The molecule has 0 nitrogen and oxygen atoms in total. The second kappa shape index (κ2) is 5.49. The molecule has 0 aliphatic heterocycles. The minimum absolute atomic E-state index is 0.408. The average molecular weight is 306 g/mol. The first-order valence-electron chi connectivity index (χ1n) is 4.91. The highest BCUT2D eigenvalue weighted by Gasteiger charge is 2.09. The Hall–Kier alpha value is -0.400. The summed E-state index contributed by atoms with van der Waals surface area (Å²) in [6, 6.07) is 10.9. The Morgan fingerprint density at radius 1 is 0.765 bits per heavy atom. The van der Waals surface area contributed by atoms with E-state index in [9.17, 15) is 0 Å². The van der Waals surface area contributed by atoms with Crippen molar-refractivity contribution in [3.63, 3.8) is 0 Å². The van der Waals surface area contributed by atoms with Gasteiger partial charge in [-0.05, 0) is 35.4 Å². The van der Waals surface area contributed by atoms with E-state index >= 15 is 0 Å². The Bertz CT molecular complexity index is 549. The van der Waals surface area contributed by atoms with E-state index in [-0.39, 0.29) is 0 Å². The zero-order valence-electron chi connectivity index (χ0n) is 8.68. The van der Waals surface area contributed by atoms with Gasteiger partial charge in [-0.2, -0.15) is 0 Å². The first-order chi connectivity index (χ1) is 8.11. The Morgan fingerprint density at radius 2 is 1.41 bits per heavy atom. The Morgan fingerprint density at radius 3 is 2.06 bits per heavy atom. The van der Waals surface area contributed by atoms with Crippen molar-refractivity contribution in [2.45, 2.75) is 5.88 Å². The second-order valence-corrected chi connectivity index (χ2v) is 5.11. The maximum absolute atomic E-state index is 6.17. The summed E-state index contributed by atoms with van der Waals surface area (Å²) in [6.07, 6.45) is 0. The third kappa shape index (κ3) is 2.89. The van der Waals surface area contributed by atoms with Crippen molar-refractivity contribution >= 4 is 46.4 Å². The fourth-order valence-electron chi connectivity index (χ4n) is 1.62. The molecule has 0 saturated heterocycles. The molecule has 88 valence electrons. The number of rotatable bonds is 2. The lowest BCUT2D eigenvalue weighted by Gasteiger charge is -2.10. The molecular formula is C13H8Cl4. The van der Waals surface area contributed by atoms with Crippen LogP contribution in [-0.2, 0) is 5.88 Å². The average Bonchev–Trinajstić information content (AvgIpc) is 2.29. The predicted octanol–water partition coefficient (Wildman–Crippen LogP) is 6.05. The number of hydrogen-bond acceptors (Lipinski definition) is 0. The van der Waals surface area contributed by atoms with Gasteiger partial charge in [0.1, 0.15) is 0 Å². The van der Waals surface area contributed by atoms with Crippen molar-refractivity contribution < 1.29 is 0 Å². The van der Waals surface area contributed by atoms with Gasteiger partial charge in [-0.15, -0.1) is 11.6 Å². The van der Waals surface area contributed by atoms with Gasteiger partial charge in [-0.25, -0.2) is 0 Å². The summed E-state index contributed by atoms with van der Waals surface area (Å²) in [6.45, 7) is 0. The molecule has 0 saturated carbocycles. The van der Waals surface area contributed by atoms with Gasteiger partial charge in [0.05, 0.1) is 0 Å². The molecule has 4 heteroatoms. The molecule has 0 heterocycles. The lowest BCUT2D eigenvalue weighted by atomic mass is 10.0. The summed E-state index contributed by atoms with van der Waals surface area (Å²) in [7, 11) is 0. The Kier molecular flexibility index (Phi) is 4.22. The second-order valence-electron chi connectivity index (χ2n) is 3.56. The van der Waals surface area contributed by atoms with E-state index in [4.69, 9.17) is 46.4 Å². The monoisotopic (exact) mass is 304 g/mol. The minimum atomic E-state index is 0.408. The third-order valence-corrected chi connectivity index (χ3v) is 3.51. The standard InChI is InChI=1S/C13H8Cl4/c14-7-8-1-2-9(15)5-12(8)11-4-3-10(16)6-13(11)17/h1-6H,7H2. The molecule has 0 radical (unpaired) electrons. The minimum Gasteiger partial charge on any atom is -0.122 e. The van der Waals surface area contributed by atoms with Crippen LogP contribution in [0.1, 0.15) is 5.56 Å². The van der Waals surface area contributed by atoms with Crippen molar-refractivity contribution in [1.82, 2.24) is 0 Å². The van der Waals surface area contributed by atoms with Crippen LogP contribution >= 0.6 is 46.4 Å². The number of alkyl halides is 1. The highest BCUT2D eigenvalue weighted by atomic mass is 35.5. The summed E-state index contributed by atoms with van der Waals surface area (Å²) < 4.78 is 0. The molecule has 0 spiro atoms. The fourth-order valence-corrected chi connectivity index (χ4v) is 2.54. The van der Waals surface area contributed by atoms with Crippen LogP contribution in [-0.4, -0.2) is 0 Å². The van der Waals surface area contributed by atoms with Crippen LogP contribution in [0.5, 0.6) is 0 Å². The molecule has 0 aliphatic rings. The highest BCUT2D eigenvalue weighted by molar-refractivity contribution is 6.36. The van der Waals surface area contributed by atoms with Crippen LogP contribution in [0, 0.1) is 0 Å². The van der Waals surface area contributed by atoms with Crippen molar-refractivity contribution in [3.8, 4) is 11.1 Å². The molecule has 2 aromatic carbocycles. The molecule has 0 fully saturated rings. The molecule has 0 atom stereocenters. The van der Waals surface area contributed by atoms with Gasteiger partial charge >= 0.3 is 0 Å². The lowest BCUT2D eigenvalue weighted by Crippen LogP contribution is -1.87. The van der Waals surface area contributed by atoms with Gasteiger partial charge < -0.3 is 0 Å². The van der Waals surface area contributed by atoms with Crippen molar-refractivity contribution in [1.29, 1.82) is 0 Å². The van der Waals surface area contributed by atoms with E-state index in [2.05, 4.69) is 0 Å². The van der Waals surface area contributed by atoms with E-state index in [1.807, 2.05) is 24.3 Å². The topological polar surface area (TPSA) is 0 Å². The van der Waals surface area contributed by atoms with Crippen LogP contribution in [0.3, 0.4) is 0 Å². The van der Waals surface area contributed by atoms with Crippen LogP contribution in [0.15, 0.2) is 36.4 Å². The predicted molar refractivity (Wildman–Crippen MR) is 76.5 cm³/mol. The normalized spacial score (nSPS) is 10.6. The summed E-state index contributed by atoms with van der Waals surface area (Å²) in [5.74, 6) is 0.408. The molecule has 0 N–H and O–H groups in total. The van der Waals surface area contributed by atoms with Crippen molar-refractivity contribution in [2.24, 2.45) is 0 Å². The molecule has 17 heavy (non-hydrogen) atoms. The van der Waals surface area contributed by atoms with Crippen LogP contribution in [0.2, 0.25) is 15.1 Å². The van der Waals surface area contributed by atoms with Gasteiger partial charge in [0.15, 0.2) is 0 Å². The zero-order chi connectivity index (χ0) is 12.4. The maximum Gasteiger partial charge on any atom is 0.0499 e. The van der Waals surface area contributed by atoms with Crippen molar-refractivity contribution in [3.05, 3.63) is 57.0 Å². The molecule has 0 aliphatic carbocycles. The lowest BCUT2D eigenvalue weighted by molar-refractivity contribution is 1.40. The summed E-state index contributed by atoms with van der Waals surface area (Å²) in [5, 5.41) is 1.85. The van der Waals surface area contributed by atoms with Gasteiger partial charge in [0, 0.05) is 26.5 Å². The maximum atomic E-state index is 6.17. The summed E-state index contributed by atoms with van der Waals surface area (Å²) in [5.41, 5.74) is 2.81. The van der Waals surface area contributed by atoms with Crippen LogP contribution in [0.25, 0.3) is 11.1 Å². The largest absolute Gasteiger partial charge is 0.122 e. The molecule has 0 unspecified atom stereocenters. The van der Waals surface area contributed by atoms with E-state index in [1.54, 1.807) is 12.1 Å². The van der Waals surface area contributed by atoms with E-state index in [0.717, 1.165) is 16.7 Å². The molecule has 2 aromatic rings. The first kappa shape index (κ1) is 13.0. The smallest absolute Gasteiger partial charge is 0.0499 e. The van der Waals surface area contributed by atoms with Crippen molar-refractivity contribution in [2.75, 3.05) is 0 Å². The molecule has 0 amide bonds. The van der Waals surface area contributed by atoms with E-state index in [1.165, 1.54) is 0 Å². The van der Waals surface area contributed by atoms with Gasteiger partial charge in [0.25, 0.3) is 0 Å². The number of benzene rings is 2. The SMILES string of the molecule is ClCc1ccc(Cl)cc1-c1ccc(Cl)cc1Cl. The molecule has 0 bridgehead atoms. The van der Waals surface area contributed by atoms with E-state index < -0.39 is 0 Å². The fraction of sp³-hybridized carbons (Fsp3) is 0.0769. The Balaban J connectivity index is 2.62. The quantitative estimate of drug-likeness (QED) is 0.592. The zero-order valence-corrected chi connectivity index (χ0v) is 11.7. The molecular weight excluding hydrogens is 298 g/mol.